The van der Waals surface area contributed by atoms with Crippen molar-refractivity contribution in [3.8, 4) is 5.88 Å². The zero-order chi connectivity index (χ0) is 14.4. The van der Waals surface area contributed by atoms with Crippen LogP contribution in [0.2, 0.25) is 0 Å². The van der Waals surface area contributed by atoms with Gasteiger partial charge in [-0.3, -0.25) is 0 Å². The Kier molecular flexibility index (Phi) is 5.54. The molecule has 0 aliphatic heterocycles. The maximum absolute atomic E-state index is 11.7. The molecule has 0 fully saturated rings. The van der Waals surface area contributed by atoms with Gasteiger partial charge < -0.3 is 14.8 Å². The molecule has 1 aromatic heterocycles. The fourth-order valence-electron chi connectivity index (χ4n) is 1.69. The van der Waals surface area contributed by atoms with Crippen LogP contribution in [0, 0.1) is 12.8 Å². The van der Waals surface area contributed by atoms with Crippen molar-refractivity contribution in [2.45, 2.75) is 33.2 Å². The second-order valence-electron chi connectivity index (χ2n) is 4.72. The quantitative estimate of drug-likeness (QED) is 0.792. The molecular formula is C13H21N3O3. The van der Waals surface area contributed by atoms with E-state index in [0.29, 0.717) is 24.2 Å². The topological polar surface area (TPSA) is 73.3 Å². The number of nitrogens with zero attached hydrogens (tertiary/aromatic N) is 2. The minimum absolute atomic E-state index is 0.322. The summed E-state index contributed by atoms with van der Waals surface area (Å²) < 4.78 is 9.86. The van der Waals surface area contributed by atoms with E-state index in [4.69, 9.17) is 9.47 Å². The number of nitrogens with one attached hydrogen (secondary N) is 1. The lowest BCUT2D eigenvalue weighted by Crippen LogP contribution is -2.32. The highest BCUT2D eigenvalue weighted by atomic mass is 16.5. The molecule has 6 nitrogen and oxygen atoms in total. The molecule has 0 aromatic carbocycles. The highest BCUT2D eigenvalue weighted by Crippen LogP contribution is 2.15. The SMILES string of the molecule is COC(=O)C(CC(C)C)Nc1nc(C)cc(OC)n1. The molecule has 1 unspecified atom stereocenters. The minimum Gasteiger partial charge on any atom is -0.481 e. The molecule has 0 spiro atoms. The van der Waals surface area contributed by atoms with E-state index < -0.39 is 6.04 Å². The molecule has 1 atom stereocenters. The Morgan fingerprint density at radius 2 is 2.05 bits per heavy atom. The number of hydrogen-bond donors (Lipinski definition) is 1. The normalized spacial score (nSPS) is 12.1. The summed E-state index contributed by atoms with van der Waals surface area (Å²) in [5.74, 6) is 0.858. The van der Waals surface area contributed by atoms with Crippen LogP contribution in [0.3, 0.4) is 0 Å². The molecule has 6 heteroatoms. The van der Waals surface area contributed by atoms with E-state index >= 15 is 0 Å². The smallest absolute Gasteiger partial charge is 0.328 e. The first-order chi connectivity index (χ1) is 8.96. The van der Waals surface area contributed by atoms with Gasteiger partial charge in [0.1, 0.15) is 6.04 Å². The standard InChI is InChI=1S/C13H21N3O3/c1-8(2)6-10(12(17)19-5)15-13-14-9(3)7-11(16-13)18-4/h7-8,10H,6H2,1-5H3,(H,14,15,16). The number of esters is 1. The predicted molar refractivity (Wildman–Crippen MR) is 72.2 cm³/mol. The van der Waals surface area contributed by atoms with E-state index in [1.807, 2.05) is 20.8 Å². The fraction of sp³-hybridized carbons (Fsp3) is 0.615. The monoisotopic (exact) mass is 267 g/mol. The summed E-state index contributed by atoms with van der Waals surface area (Å²) in [6.07, 6.45) is 0.645. The molecule has 0 amide bonds. The number of aryl methyl sites for hydroxylation is 1. The Balaban J connectivity index is 2.89. The molecule has 0 saturated carbocycles. The molecule has 1 N–H and O–H groups in total. The van der Waals surface area contributed by atoms with Gasteiger partial charge in [-0.25, -0.2) is 9.78 Å². The zero-order valence-corrected chi connectivity index (χ0v) is 12.1. The van der Waals surface area contributed by atoms with Gasteiger partial charge in [-0.2, -0.15) is 4.98 Å². The lowest BCUT2D eigenvalue weighted by Gasteiger charge is -2.18. The average molecular weight is 267 g/mol. The fourth-order valence-corrected chi connectivity index (χ4v) is 1.69. The Hall–Kier alpha value is -1.85. The summed E-state index contributed by atoms with van der Waals surface area (Å²) >= 11 is 0. The van der Waals surface area contributed by atoms with Crippen LogP contribution in [0.15, 0.2) is 6.07 Å². The van der Waals surface area contributed by atoms with E-state index in [2.05, 4.69) is 15.3 Å². The number of hydrogen-bond acceptors (Lipinski definition) is 6. The number of ether oxygens (including phenoxy) is 2. The highest BCUT2D eigenvalue weighted by molar-refractivity contribution is 5.78. The van der Waals surface area contributed by atoms with Crippen LogP contribution in [-0.4, -0.2) is 36.2 Å². The lowest BCUT2D eigenvalue weighted by molar-refractivity contribution is -0.141. The summed E-state index contributed by atoms with van der Waals surface area (Å²) in [4.78, 5) is 20.1. The Morgan fingerprint density at radius 3 is 2.58 bits per heavy atom. The van der Waals surface area contributed by atoms with Crippen LogP contribution in [0.4, 0.5) is 5.95 Å². The van der Waals surface area contributed by atoms with Crippen LogP contribution in [0.5, 0.6) is 5.88 Å². The van der Waals surface area contributed by atoms with E-state index in [0.717, 1.165) is 5.69 Å². The molecule has 106 valence electrons. The summed E-state index contributed by atoms with van der Waals surface area (Å²) in [5.41, 5.74) is 0.766. The number of carbonyl (C=O) groups is 1. The Morgan fingerprint density at radius 1 is 1.37 bits per heavy atom. The van der Waals surface area contributed by atoms with Crippen molar-refractivity contribution in [3.63, 3.8) is 0 Å². The molecule has 1 aromatic rings. The maximum Gasteiger partial charge on any atom is 0.328 e. The third-order valence-electron chi connectivity index (χ3n) is 2.54. The van der Waals surface area contributed by atoms with Gasteiger partial charge in [0.05, 0.1) is 14.2 Å². The van der Waals surface area contributed by atoms with Crippen molar-refractivity contribution in [2.75, 3.05) is 19.5 Å². The summed E-state index contributed by atoms with van der Waals surface area (Å²) in [6, 6.07) is 1.26. The summed E-state index contributed by atoms with van der Waals surface area (Å²) in [6.45, 7) is 5.91. The highest BCUT2D eigenvalue weighted by Gasteiger charge is 2.21. The van der Waals surface area contributed by atoms with Crippen molar-refractivity contribution in [1.82, 2.24) is 9.97 Å². The molecule has 0 bridgehead atoms. The number of rotatable bonds is 6. The summed E-state index contributed by atoms with van der Waals surface area (Å²) in [5, 5.41) is 3.00. The van der Waals surface area contributed by atoms with Gasteiger partial charge in [-0.1, -0.05) is 13.8 Å². The Bertz CT molecular complexity index is 435. The second kappa shape index (κ2) is 6.92. The van der Waals surface area contributed by atoms with E-state index in [1.54, 1.807) is 6.07 Å². The minimum atomic E-state index is -0.462. The van der Waals surface area contributed by atoms with Gasteiger partial charge in [-0.05, 0) is 19.3 Å². The third-order valence-corrected chi connectivity index (χ3v) is 2.54. The van der Waals surface area contributed by atoms with Crippen molar-refractivity contribution in [3.05, 3.63) is 11.8 Å². The molecule has 0 radical (unpaired) electrons. The maximum atomic E-state index is 11.7. The van der Waals surface area contributed by atoms with Gasteiger partial charge in [0.15, 0.2) is 0 Å². The molecule has 0 aliphatic carbocycles. The molecule has 19 heavy (non-hydrogen) atoms. The van der Waals surface area contributed by atoms with Crippen LogP contribution in [-0.2, 0) is 9.53 Å². The third kappa shape index (κ3) is 4.73. The van der Waals surface area contributed by atoms with E-state index in [-0.39, 0.29) is 5.97 Å². The van der Waals surface area contributed by atoms with Gasteiger partial charge >= 0.3 is 5.97 Å². The van der Waals surface area contributed by atoms with Crippen LogP contribution in [0.25, 0.3) is 0 Å². The van der Waals surface area contributed by atoms with Gasteiger partial charge in [0, 0.05) is 11.8 Å². The molecule has 1 heterocycles. The molecular weight excluding hydrogens is 246 g/mol. The van der Waals surface area contributed by atoms with Crippen LogP contribution >= 0.6 is 0 Å². The number of aromatic nitrogens is 2. The molecule has 0 aliphatic rings. The van der Waals surface area contributed by atoms with Crippen molar-refractivity contribution in [1.29, 1.82) is 0 Å². The predicted octanol–water partition coefficient (Wildman–Crippen LogP) is 1.79. The Labute approximate surface area is 113 Å². The van der Waals surface area contributed by atoms with E-state index in [9.17, 15) is 4.79 Å². The lowest BCUT2D eigenvalue weighted by atomic mass is 10.0. The van der Waals surface area contributed by atoms with Crippen LogP contribution in [0.1, 0.15) is 26.0 Å². The van der Waals surface area contributed by atoms with Gasteiger partial charge in [0.25, 0.3) is 0 Å². The zero-order valence-electron chi connectivity index (χ0n) is 12.1. The number of carbonyl (C=O) groups excluding carboxylic acids is 1. The molecule has 1 rings (SSSR count). The first-order valence-corrected chi connectivity index (χ1v) is 6.20. The van der Waals surface area contributed by atoms with Gasteiger partial charge in [0.2, 0.25) is 11.8 Å². The van der Waals surface area contributed by atoms with Crippen molar-refractivity contribution >= 4 is 11.9 Å². The molecule has 0 saturated heterocycles. The van der Waals surface area contributed by atoms with Crippen molar-refractivity contribution in [2.24, 2.45) is 5.92 Å². The largest absolute Gasteiger partial charge is 0.481 e. The summed E-state index contributed by atoms with van der Waals surface area (Å²) in [7, 11) is 2.91. The second-order valence-corrected chi connectivity index (χ2v) is 4.72. The average Bonchev–Trinajstić information content (AvgIpc) is 2.35. The van der Waals surface area contributed by atoms with Crippen molar-refractivity contribution < 1.29 is 14.3 Å². The van der Waals surface area contributed by atoms with Gasteiger partial charge in [-0.15, -0.1) is 0 Å². The first-order valence-electron chi connectivity index (χ1n) is 6.20. The number of anilines is 1. The van der Waals surface area contributed by atoms with E-state index in [1.165, 1.54) is 14.2 Å². The van der Waals surface area contributed by atoms with Crippen LogP contribution < -0.4 is 10.1 Å². The number of methoxy groups -OCH3 is 2. The first kappa shape index (κ1) is 15.2.